The molecule has 0 bridgehead atoms. The van der Waals surface area contributed by atoms with Crippen LogP contribution in [0.5, 0.6) is 5.75 Å². The van der Waals surface area contributed by atoms with Gasteiger partial charge >= 0.3 is 5.51 Å². The fourth-order valence-electron chi connectivity index (χ4n) is 3.63. The Morgan fingerprint density at radius 2 is 1.58 bits per heavy atom. The molecule has 0 aliphatic heterocycles. The number of amides is 1. The van der Waals surface area contributed by atoms with Gasteiger partial charge in [-0.3, -0.25) is 4.79 Å². The highest BCUT2D eigenvalue weighted by molar-refractivity contribution is 7.92. The molecular weight excluding hydrogens is 522 g/mol. The van der Waals surface area contributed by atoms with E-state index in [2.05, 4.69) is 5.32 Å². The zero-order chi connectivity index (χ0) is 27.2. The second kappa shape index (κ2) is 9.40. The van der Waals surface area contributed by atoms with Crippen LogP contribution in [0.4, 0.5) is 23.2 Å². The zero-order valence-corrected chi connectivity index (χ0v) is 21.2. The van der Waals surface area contributed by atoms with E-state index in [1.165, 1.54) is 24.3 Å². The van der Waals surface area contributed by atoms with Crippen molar-refractivity contribution in [3.63, 3.8) is 0 Å². The molecule has 3 rings (SSSR count). The van der Waals surface area contributed by atoms with Crippen LogP contribution in [0.15, 0.2) is 53.4 Å². The Bertz CT molecular complexity index is 1440. The lowest BCUT2D eigenvalue weighted by molar-refractivity contribution is -0.0436. The summed E-state index contributed by atoms with van der Waals surface area (Å²) >= 11 is 6.00. The summed E-state index contributed by atoms with van der Waals surface area (Å²) in [6.07, 6.45) is 0. The molecule has 3 aromatic rings. The fraction of sp³-hybridized carbons (Fsp3) is 0.240. The van der Waals surface area contributed by atoms with Crippen molar-refractivity contribution in [1.29, 1.82) is 0 Å². The van der Waals surface area contributed by atoms with Crippen LogP contribution in [0.3, 0.4) is 0 Å². The van der Waals surface area contributed by atoms with Crippen LogP contribution < -0.4 is 5.32 Å². The molecule has 0 aliphatic rings. The number of rotatable bonds is 4. The van der Waals surface area contributed by atoms with Crippen LogP contribution >= 0.6 is 11.6 Å². The number of hydrogen-bond donors (Lipinski definition) is 2. The number of alkyl halides is 3. The molecule has 3 aromatic carbocycles. The molecule has 0 saturated carbocycles. The molecule has 0 fully saturated rings. The fourth-order valence-corrected chi connectivity index (χ4v) is 4.71. The summed E-state index contributed by atoms with van der Waals surface area (Å²) in [6, 6.07) is 9.47. The third-order valence-corrected chi connectivity index (χ3v) is 7.35. The van der Waals surface area contributed by atoms with E-state index in [0.29, 0.717) is 34.4 Å². The smallest absolute Gasteiger partial charge is 0.501 e. The average molecular weight is 544 g/mol. The second-order valence-electron chi connectivity index (χ2n) is 9.12. The van der Waals surface area contributed by atoms with Gasteiger partial charge in [0.2, 0.25) is 0 Å². The molecule has 0 atom stereocenters. The Morgan fingerprint density at radius 1 is 1.00 bits per heavy atom. The Kier molecular flexibility index (Phi) is 7.18. The first-order valence-electron chi connectivity index (χ1n) is 10.5. The van der Waals surface area contributed by atoms with Crippen molar-refractivity contribution >= 4 is 33.0 Å². The minimum absolute atomic E-state index is 0.121. The van der Waals surface area contributed by atoms with Gasteiger partial charge in [-0.15, -0.1) is 0 Å². The number of benzene rings is 3. The van der Waals surface area contributed by atoms with E-state index < -0.39 is 42.4 Å². The van der Waals surface area contributed by atoms with Gasteiger partial charge in [0.1, 0.15) is 11.6 Å². The summed E-state index contributed by atoms with van der Waals surface area (Å²) in [5.41, 5.74) is -4.47. The number of anilines is 1. The highest BCUT2D eigenvalue weighted by Gasteiger charge is 2.47. The summed E-state index contributed by atoms with van der Waals surface area (Å²) in [5.74, 6) is -1.58. The first kappa shape index (κ1) is 27.5. The molecule has 2 N–H and O–H groups in total. The van der Waals surface area contributed by atoms with Crippen molar-refractivity contribution < 1.29 is 35.9 Å². The molecule has 0 radical (unpaired) electrons. The average Bonchev–Trinajstić information content (AvgIpc) is 2.74. The number of nitrogens with one attached hydrogen (secondary N) is 1. The first-order chi connectivity index (χ1) is 16.4. The Morgan fingerprint density at radius 3 is 2.08 bits per heavy atom. The number of halogens is 5. The summed E-state index contributed by atoms with van der Waals surface area (Å²) in [4.78, 5) is 12.2. The second-order valence-corrected chi connectivity index (χ2v) is 11.5. The van der Waals surface area contributed by atoms with Crippen LogP contribution in [0, 0.1) is 12.7 Å². The van der Waals surface area contributed by atoms with Gasteiger partial charge in [0.15, 0.2) is 0 Å². The molecule has 0 unspecified atom stereocenters. The van der Waals surface area contributed by atoms with Crippen LogP contribution in [0.25, 0.3) is 11.1 Å². The molecule has 0 saturated heterocycles. The normalized spacial score (nSPS) is 12.5. The van der Waals surface area contributed by atoms with Gasteiger partial charge in [0, 0.05) is 5.56 Å². The van der Waals surface area contributed by atoms with E-state index >= 15 is 0 Å². The van der Waals surface area contributed by atoms with Gasteiger partial charge < -0.3 is 10.4 Å². The first-order valence-corrected chi connectivity index (χ1v) is 12.4. The predicted molar refractivity (Wildman–Crippen MR) is 130 cm³/mol. The summed E-state index contributed by atoms with van der Waals surface area (Å²) in [5, 5.41) is 13.0. The molecular formula is C25H22ClF4NO4S. The van der Waals surface area contributed by atoms with Gasteiger partial charge in [0.25, 0.3) is 15.7 Å². The maximum absolute atomic E-state index is 13.5. The molecule has 0 aromatic heterocycles. The van der Waals surface area contributed by atoms with Crippen LogP contribution in [0.2, 0.25) is 5.02 Å². The van der Waals surface area contributed by atoms with E-state index in [1.807, 2.05) is 20.8 Å². The molecule has 11 heteroatoms. The third kappa shape index (κ3) is 5.19. The number of phenols is 1. The quantitative estimate of drug-likeness (QED) is 0.347. The van der Waals surface area contributed by atoms with E-state index in [4.69, 9.17) is 11.6 Å². The van der Waals surface area contributed by atoms with E-state index in [0.717, 1.165) is 6.07 Å². The SMILES string of the molecule is Cc1c(-c2ccc(F)cc2)cc(C(C)(C)C)c(O)c1C(=O)Nc1ccc(S(=O)(=O)C(F)(F)F)cc1Cl. The monoisotopic (exact) mass is 543 g/mol. The van der Waals surface area contributed by atoms with Crippen molar-refractivity contribution in [2.45, 2.75) is 43.5 Å². The summed E-state index contributed by atoms with van der Waals surface area (Å²) < 4.78 is 75.3. The minimum atomic E-state index is -5.63. The van der Waals surface area contributed by atoms with Gasteiger partial charge in [-0.25, -0.2) is 12.8 Å². The van der Waals surface area contributed by atoms with Crippen molar-refractivity contribution in [3.05, 3.63) is 76.1 Å². The largest absolute Gasteiger partial charge is 0.507 e. The maximum atomic E-state index is 13.5. The van der Waals surface area contributed by atoms with Crippen molar-refractivity contribution in [1.82, 2.24) is 0 Å². The number of hydrogen-bond acceptors (Lipinski definition) is 4. The lowest BCUT2D eigenvalue weighted by Crippen LogP contribution is -2.23. The maximum Gasteiger partial charge on any atom is 0.501 e. The van der Waals surface area contributed by atoms with E-state index in [9.17, 15) is 35.9 Å². The summed E-state index contributed by atoms with van der Waals surface area (Å²) in [6.45, 7) is 7.05. The molecule has 1 amide bonds. The number of phenolic OH excluding ortho intramolecular Hbond substituents is 1. The van der Waals surface area contributed by atoms with Crippen molar-refractivity contribution in [3.8, 4) is 16.9 Å². The van der Waals surface area contributed by atoms with E-state index in [1.54, 1.807) is 13.0 Å². The topological polar surface area (TPSA) is 83.5 Å². The third-order valence-electron chi connectivity index (χ3n) is 5.55. The Labute approximate surface area is 210 Å². The standard InChI is InChI=1S/C25H22ClF4NO4S/c1-13-17(14-5-7-15(27)8-6-14)12-18(24(2,3)4)22(32)21(13)23(33)31-20-10-9-16(11-19(20)26)36(34,35)25(28,29)30/h5-12,32H,1-4H3,(H,31,33). The van der Waals surface area contributed by atoms with Gasteiger partial charge in [-0.05, 0) is 65.4 Å². The Balaban J connectivity index is 2.11. The van der Waals surface area contributed by atoms with E-state index in [-0.39, 0.29) is 17.0 Å². The van der Waals surface area contributed by atoms with Crippen molar-refractivity contribution in [2.75, 3.05) is 5.32 Å². The Hall–Kier alpha value is -3.11. The van der Waals surface area contributed by atoms with Gasteiger partial charge in [-0.2, -0.15) is 13.2 Å². The molecule has 0 heterocycles. The number of sulfone groups is 1. The van der Waals surface area contributed by atoms with Crippen LogP contribution in [0.1, 0.15) is 42.3 Å². The molecule has 5 nitrogen and oxygen atoms in total. The molecule has 36 heavy (non-hydrogen) atoms. The lowest BCUT2D eigenvalue weighted by atomic mass is 9.81. The number of aromatic hydroxyl groups is 1. The minimum Gasteiger partial charge on any atom is -0.507 e. The number of carbonyl (C=O) groups excluding carboxylic acids is 1. The van der Waals surface area contributed by atoms with Gasteiger partial charge in [-0.1, -0.05) is 44.5 Å². The predicted octanol–water partition coefficient (Wildman–Crippen LogP) is 7.00. The van der Waals surface area contributed by atoms with Crippen molar-refractivity contribution in [2.24, 2.45) is 0 Å². The van der Waals surface area contributed by atoms with Crippen LogP contribution in [-0.4, -0.2) is 24.9 Å². The molecule has 0 aliphatic carbocycles. The lowest BCUT2D eigenvalue weighted by Gasteiger charge is -2.25. The summed E-state index contributed by atoms with van der Waals surface area (Å²) in [7, 11) is -5.63. The zero-order valence-electron chi connectivity index (χ0n) is 19.6. The highest BCUT2D eigenvalue weighted by Crippen LogP contribution is 2.41. The highest BCUT2D eigenvalue weighted by atomic mass is 35.5. The molecule has 192 valence electrons. The van der Waals surface area contributed by atoms with Crippen LogP contribution in [-0.2, 0) is 15.3 Å². The van der Waals surface area contributed by atoms with Gasteiger partial charge in [0.05, 0.1) is 21.2 Å². The number of carbonyl (C=O) groups is 1. The molecule has 0 spiro atoms.